The molecule has 3 heterocycles. The lowest BCUT2D eigenvalue weighted by molar-refractivity contribution is 0.102. The van der Waals surface area contributed by atoms with E-state index in [-0.39, 0.29) is 5.91 Å². The van der Waals surface area contributed by atoms with E-state index in [1.165, 1.54) is 6.33 Å². The molecule has 0 aliphatic carbocycles. The molecule has 0 atom stereocenters. The van der Waals surface area contributed by atoms with Gasteiger partial charge in [-0.25, -0.2) is 14.6 Å². The van der Waals surface area contributed by atoms with Crippen LogP contribution in [-0.2, 0) is 0 Å². The van der Waals surface area contributed by atoms with Crippen LogP contribution in [0, 0.1) is 0 Å². The van der Waals surface area contributed by atoms with Gasteiger partial charge in [-0.3, -0.25) is 9.78 Å². The summed E-state index contributed by atoms with van der Waals surface area (Å²) in [6, 6.07) is 8.84. The predicted molar refractivity (Wildman–Crippen MR) is 93.9 cm³/mol. The van der Waals surface area contributed by atoms with Crippen LogP contribution in [0.15, 0.2) is 61.6 Å². The van der Waals surface area contributed by atoms with Crippen molar-refractivity contribution in [3.63, 3.8) is 0 Å². The van der Waals surface area contributed by atoms with E-state index in [9.17, 15) is 4.79 Å². The lowest BCUT2D eigenvalue weighted by Crippen LogP contribution is -2.14. The number of nitrogens with one attached hydrogen (secondary N) is 1. The fraction of sp³-hybridized carbons (Fsp3) is 0. The number of hydrogen-bond donors (Lipinski definition) is 1. The van der Waals surface area contributed by atoms with E-state index in [4.69, 9.17) is 11.6 Å². The van der Waals surface area contributed by atoms with Gasteiger partial charge in [-0.2, -0.15) is 5.10 Å². The van der Waals surface area contributed by atoms with Gasteiger partial charge in [0, 0.05) is 17.8 Å². The third kappa shape index (κ3) is 2.92. The quantitative estimate of drug-likeness (QED) is 0.613. The maximum atomic E-state index is 12.7. The zero-order valence-electron chi connectivity index (χ0n) is 12.8. The largest absolute Gasteiger partial charge is 0.306 e. The molecule has 4 aromatic rings. The summed E-state index contributed by atoms with van der Waals surface area (Å²) in [6.45, 7) is 0. The lowest BCUT2D eigenvalue weighted by Gasteiger charge is -2.09. The molecule has 0 spiro atoms. The summed E-state index contributed by atoms with van der Waals surface area (Å²) in [5.41, 5.74) is 1.11. The molecule has 0 unspecified atom stereocenters. The molecule has 25 heavy (non-hydrogen) atoms. The molecule has 0 aliphatic heterocycles. The molecule has 0 saturated carbocycles. The Bertz CT molecular complexity index is 1050. The standard InChI is InChI=1S/C17H11ClN6O/c18-14-3-1-11-5-6-19-8-13(11)16(14)17(25)23-15-4-2-12(7-21-15)24-10-20-9-22-24/h1-10H,(H,21,23,25). The summed E-state index contributed by atoms with van der Waals surface area (Å²) in [7, 11) is 0. The highest BCUT2D eigenvalue weighted by Crippen LogP contribution is 2.26. The third-order valence-electron chi connectivity index (χ3n) is 3.67. The average Bonchev–Trinajstić information content (AvgIpc) is 3.17. The summed E-state index contributed by atoms with van der Waals surface area (Å²) in [4.78, 5) is 24.9. The van der Waals surface area contributed by atoms with Gasteiger partial charge >= 0.3 is 0 Å². The number of anilines is 1. The van der Waals surface area contributed by atoms with E-state index in [1.807, 2.05) is 12.1 Å². The molecule has 8 heteroatoms. The van der Waals surface area contributed by atoms with Gasteiger partial charge in [-0.05, 0) is 29.7 Å². The summed E-state index contributed by atoms with van der Waals surface area (Å²) in [6.07, 6.45) is 7.89. The summed E-state index contributed by atoms with van der Waals surface area (Å²) >= 11 is 6.23. The highest BCUT2D eigenvalue weighted by atomic mass is 35.5. The Morgan fingerprint density at radius 3 is 2.76 bits per heavy atom. The van der Waals surface area contributed by atoms with Crippen LogP contribution in [-0.4, -0.2) is 30.6 Å². The van der Waals surface area contributed by atoms with Crippen LogP contribution in [0.3, 0.4) is 0 Å². The van der Waals surface area contributed by atoms with Crippen LogP contribution < -0.4 is 5.32 Å². The number of carbonyl (C=O) groups excluding carboxylic acids is 1. The first-order valence-corrected chi connectivity index (χ1v) is 7.75. The van der Waals surface area contributed by atoms with E-state index in [0.717, 1.165) is 11.1 Å². The number of hydrogen-bond acceptors (Lipinski definition) is 5. The van der Waals surface area contributed by atoms with E-state index in [0.29, 0.717) is 21.8 Å². The molecule has 7 nitrogen and oxygen atoms in total. The smallest absolute Gasteiger partial charge is 0.259 e. The van der Waals surface area contributed by atoms with Crippen LogP contribution in [0.1, 0.15) is 10.4 Å². The Balaban J connectivity index is 1.63. The summed E-state index contributed by atoms with van der Waals surface area (Å²) in [5.74, 6) is 0.0652. The highest BCUT2D eigenvalue weighted by Gasteiger charge is 2.15. The fourth-order valence-electron chi connectivity index (χ4n) is 2.48. The van der Waals surface area contributed by atoms with Crippen molar-refractivity contribution in [1.82, 2.24) is 24.7 Å². The van der Waals surface area contributed by atoms with Gasteiger partial charge in [-0.1, -0.05) is 17.7 Å². The number of pyridine rings is 2. The first kappa shape index (κ1) is 15.2. The minimum Gasteiger partial charge on any atom is -0.306 e. The second kappa shape index (κ2) is 6.29. The zero-order chi connectivity index (χ0) is 17.2. The van der Waals surface area contributed by atoms with Gasteiger partial charge in [-0.15, -0.1) is 0 Å². The van der Waals surface area contributed by atoms with Crippen LogP contribution in [0.25, 0.3) is 16.5 Å². The van der Waals surface area contributed by atoms with Crippen molar-refractivity contribution in [1.29, 1.82) is 0 Å². The van der Waals surface area contributed by atoms with E-state index >= 15 is 0 Å². The van der Waals surface area contributed by atoms with Crippen molar-refractivity contribution in [3.05, 3.63) is 72.2 Å². The van der Waals surface area contributed by atoms with Crippen molar-refractivity contribution in [3.8, 4) is 5.69 Å². The number of carbonyl (C=O) groups is 1. The lowest BCUT2D eigenvalue weighted by atomic mass is 10.1. The highest BCUT2D eigenvalue weighted by molar-refractivity contribution is 6.36. The van der Waals surface area contributed by atoms with Gasteiger partial charge in [0.1, 0.15) is 18.5 Å². The number of halogens is 1. The molecule has 0 radical (unpaired) electrons. The monoisotopic (exact) mass is 350 g/mol. The second-order valence-corrected chi connectivity index (χ2v) is 5.62. The first-order valence-electron chi connectivity index (χ1n) is 7.37. The Labute approximate surface area is 147 Å². The molecule has 4 rings (SSSR count). The molecule has 0 aliphatic rings. The number of aromatic nitrogens is 5. The molecule has 3 aromatic heterocycles. The number of nitrogens with zero attached hydrogens (tertiary/aromatic N) is 5. The van der Waals surface area contributed by atoms with Crippen molar-refractivity contribution < 1.29 is 4.79 Å². The molecular formula is C17H11ClN6O. The normalized spacial score (nSPS) is 10.8. The van der Waals surface area contributed by atoms with Crippen molar-refractivity contribution in [2.24, 2.45) is 0 Å². The maximum Gasteiger partial charge on any atom is 0.259 e. The van der Waals surface area contributed by atoms with Crippen LogP contribution in [0.5, 0.6) is 0 Å². The second-order valence-electron chi connectivity index (χ2n) is 5.22. The summed E-state index contributed by atoms with van der Waals surface area (Å²) < 4.78 is 1.58. The Hall–Kier alpha value is -3.32. The molecule has 1 aromatic carbocycles. The number of amides is 1. The van der Waals surface area contributed by atoms with Gasteiger partial charge in [0.05, 0.1) is 22.5 Å². The topological polar surface area (TPSA) is 85.6 Å². The van der Waals surface area contributed by atoms with E-state index in [1.54, 1.807) is 47.8 Å². The van der Waals surface area contributed by atoms with E-state index < -0.39 is 0 Å². The van der Waals surface area contributed by atoms with Crippen molar-refractivity contribution in [2.75, 3.05) is 5.32 Å². The average molecular weight is 351 g/mol. The zero-order valence-corrected chi connectivity index (χ0v) is 13.6. The van der Waals surface area contributed by atoms with Gasteiger partial charge < -0.3 is 5.32 Å². The van der Waals surface area contributed by atoms with Crippen molar-refractivity contribution >= 4 is 34.1 Å². The Morgan fingerprint density at radius 1 is 1.08 bits per heavy atom. The van der Waals surface area contributed by atoms with Gasteiger partial charge in [0.2, 0.25) is 0 Å². The molecule has 0 bridgehead atoms. The Morgan fingerprint density at radius 2 is 2.00 bits per heavy atom. The maximum absolute atomic E-state index is 12.7. The van der Waals surface area contributed by atoms with Crippen molar-refractivity contribution in [2.45, 2.75) is 0 Å². The number of benzene rings is 1. The van der Waals surface area contributed by atoms with E-state index in [2.05, 4.69) is 25.4 Å². The molecule has 0 fully saturated rings. The van der Waals surface area contributed by atoms with Crippen LogP contribution >= 0.6 is 11.6 Å². The first-order chi connectivity index (χ1) is 12.2. The summed E-state index contributed by atoms with van der Waals surface area (Å²) in [5, 5.41) is 8.71. The van der Waals surface area contributed by atoms with Gasteiger partial charge in [0.15, 0.2) is 0 Å². The Kier molecular flexibility index (Phi) is 3.83. The third-order valence-corrected chi connectivity index (χ3v) is 3.99. The molecule has 1 amide bonds. The predicted octanol–water partition coefficient (Wildman–Crippen LogP) is 3.12. The van der Waals surface area contributed by atoms with Gasteiger partial charge in [0.25, 0.3) is 5.91 Å². The molecule has 122 valence electrons. The number of rotatable bonds is 3. The minimum absolute atomic E-state index is 0.343. The molecule has 1 N–H and O–H groups in total. The number of fused-ring (bicyclic) bond motifs is 1. The van der Waals surface area contributed by atoms with Crippen LogP contribution in [0.2, 0.25) is 5.02 Å². The minimum atomic E-state index is -0.343. The molecular weight excluding hydrogens is 340 g/mol. The fourth-order valence-corrected chi connectivity index (χ4v) is 2.73. The van der Waals surface area contributed by atoms with Crippen LogP contribution in [0.4, 0.5) is 5.82 Å². The SMILES string of the molecule is O=C(Nc1ccc(-n2cncn2)cn1)c1c(Cl)ccc2ccncc12. The molecule has 0 saturated heterocycles.